The quantitative estimate of drug-likeness (QED) is 0.407. The predicted molar refractivity (Wildman–Crippen MR) is 126 cm³/mol. The van der Waals surface area contributed by atoms with Gasteiger partial charge in [0, 0.05) is 15.6 Å². The lowest BCUT2D eigenvalue weighted by Gasteiger charge is -2.39. The van der Waals surface area contributed by atoms with Gasteiger partial charge in [-0.2, -0.15) is 10.1 Å². The third-order valence-corrected chi connectivity index (χ3v) is 6.38. The summed E-state index contributed by atoms with van der Waals surface area (Å²) in [6.45, 7) is 0. The van der Waals surface area contributed by atoms with E-state index >= 15 is 0 Å². The Morgan fingerprint density at radius 3 is 2.72 bits per heavy atom. The maximum absolute atomic E-state index is 6.63. The minimum Gasteiger partial charge on any atom is -0.497 e. The number of methoxy groups -OCH3 is 1. The molecule has 32 heavy (non-hydrogen) atoms. The third kappa shape index (κ3) is 3.00. The number of benzene rings is 3. The van der Waals surface area contributed by atoms with Crippen LogP contribution >= 0.6 is 15.9 Å². The van der Waals surface area contributed by atoms with Crippen LogP contribution in [0.3, 0.4) is 0 Å². The summed E-state index contributed by atoms with van der Waals surface area (Å²) in [5.41, 5.74) is 5.20. The molecule has 2 aliphatic heterocycles. The first-order valence-corrected chi connectivity index (χ1v) is 11.1. The highest BCUT2D eigenvalue weighted by Crippen LogP contribution is 2.50. The molecular weight excluding hydrogens is 468 g/mol. The number of hydrogen-bond donors (Lipinski definition) is 1. The second-order valence-electron chi connectivity index (χ2n) is 7.71. The number of rotatable bonds is 3. The van der Waals surface area contributed by atoms with Crippen molar-refractivity contribution in [3.05, 3.63) is 106 Å². The van der Waals surface area contributed by atoms with Crippen molar-refractivity contribution >= 4 is 27.6 Å². The molecule has 0 fully saturated rings. The topological polar surface area (TPSA) is 61.2 Å². The van der Waals surface area contributed by atoms with Crippen LogP contribution in [0.15, 0.2) is 89.2 Å². The molecule has 3 aromatic carbocycles. The van der Waals surface area contributed by atoms with Crippen LogP contribution in [0.5, 0.6) is 11.5 Å². The standard InChI is InChI=1S/C25H19BrN4O2/c1-31-18-9-5-6-15(13-18)23-21-22(29-25-27-14-28-30(23)25)19-10-2-3-11-20(19)32-24(21)16-7-4-8-17(26)12-16/h2-14,23-24H,1H3,(H,27,28,29)/t23-,24-/m0/s1. The molecule has 0 bridgehead atoms. The number of nitrogens with zero attached hydrogens (tertiary/aromatic N) is 3. The summed E-state index contributed by atoms with van der Waals surface area (Å²) < 4.78 is 15.1. The Bertz CT molecular complexity index is 1360. The van der Waals surface area contributed by atoms with Crippen molar-refractivity contribution in [2.45, 2.75) is 12.1 Å². The number of nitrogens with one attached hydrogen (secondary N) is 1. The monoisotopic (exact) mass is 486 g/mol. The summed E-state index contributed by atoms with van der Waals surface area (Å²) in [4.78, 5) is 4.48. The van der Waals surface area contributed by atoms with Gasteiger partial charge in [-0.3, -0.25) is 0 Å². The van der Waals surface area contributed by atoms with Crippen LogP contribution in [0.2, 0.25) is 0 Å². The van der Waals surface area contributed by atoms with E-state index in [1.165, 1.54) is 0 Å². The lowest BCUT2D eigenvalue weighted by Crippen LogP contribution is -2.32. The summed E-state index contributed by atoms with van der Waals surface area (Å²) in [6.07, 6.45) is 1.27. The molecule has 6 rings (SSSR count). The van der Waals surface area contributed by atoms with E-state index in [4.69, 9.17) is 9.47 Å². The van der Waals surface area contributed by atoms with Gasteiger partial charge in [-0.1, -0.05) is 52.3 Å². The average Bonchev–Trinajstić information content (AvgIpc) is 3.30. The Morgan fingerprint density at radius 1 is 1.00 bits per heavy atom. The van der Waals surface area contributed by atoms with Gasteiger partial charge in [0.25, 0.3) is 0 Å². The number of ether oxygens (including phenoxy) is 2. The van der Waals surface area contributed by atoms with Crippen molar-refractivity contribution in [2.24, 2.45) is 0 Å². The first-order valence-electron chi connectivity index (χ1n) is 10.3. The van der Waals surface area contributed by atoms with Gasteiger partial charge in [-0.25, -0.2) is 4.68 Å². The van der Waals surface area contributed by atoms with Crippen molar-refractivity contribution in [1.29, 1.82) is 0 Å². The molecule has 0 saturated heterocycles. The van der Waals surface area contributed by atoms with E-state index in [2.05, 4.69) is 55.6 Å². The number of para-hydroxylation sites is 1. The molecule has 0 radical (unpaired) electrons. The van der Waals surface area contributed by atoms with Gasteiger partial charge in [0.1, 0.15) is 30.0 Å². The predicted octanol–water partition coefficient (Wildman–Crippen LogP) is 5.61. The molecule has 2 atom stereocenters. The molecule has 1 aromatic heterocycles. The normalized spacial score (nSPS) is 18.7. The van der Waals surface area contributed by atoms with Crippen molar-refractivity contribution in [3.8, 4) is 11.5 Å². The van der Waals surface area contributed by atoms with Gasteiger partial charge in [0.15, 0.2) is 0 Å². The molecular formula is C25H19BrN4O2. The number of anilines is 1. The lowest BCUT2D eigenvalue weighted by atomic mass is 9.84. The molecule has 0 saturated carbocycles. The van der Waals surface area contributed by atoms with Crippen LogP contribution in [0, 0.1) is 0 Å². The van der Waals surface area contributed by atoms with Crippen molar-refractivity contribution < 1.29 is 9.47 Å². The van der Waals surface area contributed by atoms with E-state index in [0.29, 0.717) is 5.95 Å². The van der Waals surface area contributed by atoms with Crippen LogP contribution in [0.25, 0.3) is 5.70 Å². The van der Waals surface area contributed by atoms with E-state index in [9.17, 15) is 0 Å². The van der Waals surface area contributed by atoms with Crippen LogP contribution in [-0.2, 0) is 0 Å². The Kier molecular flexibility index (Phi) is 4.50. The molecule has 158 valence electrons. The smallest absolute Gasteiger partial charge is 0.226 e. The second kappa shape index (κ2) is 7.53. The fourth-order valence-corrected chi connectivity index (χ4v) is 4.91. The largest absolute Gasteiger partial charge is 0.497 e. The van der Waals surface area contributed by atoms with E-state index in [1.807, 2.05) is 53.2 Å². The number of hydrogen-bond acceptors (Lipinski definition) is 5. The summed E-state index contributed by atoms with van der Waals surface area (Å²) in [5, 5.41) is 8.09. The van der Waals surface area contributed by atoms with Gasteiger partial charge in [0.2, 0.25) is 5.95 Å². The van der Waals surface area contributed by atoms with E-state index < -0.39 is 0 Å². The van der Waals surface area contributed by atoms with Crippen molar-refractivity contribution in [3.63, 3.8) is 0 Å². The number of fused-ring (bicyclic) bond motifs is 3. The first-order chi connectivity index (χ1) is 15.7. The first kappa shape index (κ1) is 19.1. The fourth-order valence-electron chi connectivity index (χ4n) is 4.49. The molecule has 0 aliphatic carbocycles. The SMILES string of the molecule is COc1cccc([C@H]2C3=C(Nc4ncnn42)c2ccccc2O[C@H]3c2cccc(Br)c2)c1. The molecule has 7 heteroatoms. The van der Waals surface area contributed by atoms with Crippen molar-refractivity contribution in [1.82, 2.24) is 14.8 Å². The van der Waals surface area contributed by atoms with Gasteiger partial charge in [0.05, 0.1) is 12.8 Å². The molecule has 6 nitrogen and oxygen atoms in total. The zero-order valence-corrected chi connectivity index (χ0v) is 18.8. The van der Waals surface area contributed by atoms with Crippen LogP contribution in [0.1, 0.15) is 28.8 Å². The molecule has 2 aliphatic rings. The van der Waals surface area contributed by atoms with Gasteiger partial charge in [-0.05, 0) is 47.5 Å². The third-order valence-electron chi connectivity index (χ3n) is 5.88. The van der Waals surface area contributed by atoms with Gasteiger partial charge >= 0.3 is 0 Å². The zero-order chi connectivity index (χ0) is 21.7. The Balaban J connectivity index is 1.63. The van der Waals surface area contributed by atoms with Gasteiger partial charge < -0.3 is 14.8 Å². The summed E-state index contributed by atoms with van der Waals surface area (Å²) in [5.74, 6) is 2.32. The fraction of sp³-hybridized carbons (Fsp3) is 0.120. The molecule has 0 spiro atoms. The minimum atomic E-state index is -0.307. The zero-order valence-electron chi connectivity index (χ0n) is 17.2. The van der Waals surface area contributed by atoms with E-state index in [-0.39, 0.29) is 12.1 Å². The van der Waals surface area contributed by atoms with E-state index in [1.54, 1.807) is 13.4 Å². The highest BCUT2D eigenvalue weighted by Gasteiger charge is 2.41. The molecule has 1 N–H and O–H groups in total. The molecule has 0 amide bonds. The highest BCUT2D eigenvalue weighted by atomic mass is 79.9. The van der Waals surface area contributed by atoms with Crippen molar-refractivity contribution in [2.75, 3.05) is 12.4 Å². The Hall–Kier alpha value is -3.58. The summed E-state index contributed by atoms with van der Waals surface area (Å²) in [6, 6.07) is 24.2. The molecule has 3 heterocycles. The number of halogens is 1. The number of aromatic nitrogens is 3. The summed E-state index contributed by atoms with van der Waals surface area (Å²) in [7, 11) is 1.68. The van der Waals surface area contributed by atoms with Crippen LogP contribution < -0.4 is 14.8 Å². The maximum Gasteiger partial charge on any atom is 0.226 e. The van der Waals surface area contributed by atoms with Crippen LogP contribution in [-0.4, -0.2) is 21.9 Å². The van der Waals surface area contributed by atoms with Gasteiger partial charge in [-0.15, -0.1) is 0 Å². The molecule has 0 unspecified atom stereocenters. The summed E-state index contributed by atoms with van der Waals surface area (Å²) >= 11 is 3.62. The highest BCUT2D eigenvalue weighted by molar-refractivity contribution is 9.10. The Labute approximate surface area is 193 Å². The maximum atomic E-state index is 6.63. The average molecular weight is 487 g/mol. The van der Waals surface area contributed by atoms with Crippen LogP contribution in [0.4, 0.5) is 5.95 Å². The lowest BCUT2D eigenvalue weighted by molar-refractivity contribution is 0.223. The van der Waals surface area contributed by atoms with E-state index in [0.717, 1.165) is 43.9 Å². The molecule has 4 aromatic rings. The second-order valence-corrected chi connectivity index (χ2v) is 8.63. The Morgan fingerprint density at radius 2 is 1.84 bits per heavy atom. The minimum absolute atomic E-state index is 0.212.